The zero-order chi connectivity index (χ0) is 20.5. The molecule has 2 aliphatic carbocycles. The lowest BCUT2D eigenvalue weighted by atomic mass is 9.76. The van der Waals surface area contributed by atoms with Crippen molar-refractivity contribution in [1.82, 2.24) is 9.97 Å². The lowest BCUT2D eigenvalue weighted by Crippen LogP contribution is -2.56. The molecule has 2 saturated carbocycles. The second-order valence-corrected chi connectivity index (χ2v) is 11.0. The van der Waals surface area contributed by atoms with Gasteiger partial charge in [0.25, 0.3) is 0 Å². The zero-order valence-electron chi connectivity index (χ0n) is 16.7. The summed E-state index contributed by atoms with van der Waals surface area (Å²) in [5.41, 5.74) is 1.08. The molecule has 0 amide bonds. The Bertz CT molecular complexity index is 1010. The Morgan fingerprint density at radius 1 is 1.23 bits per heavy atom. The normalized spacial score (nSPS) is 31.1. The van der Waals surface area contributed by atoms with Gasteiger partial charge in [-0.3, -0.25) is 4.21 Å². The summed E-state index contributed by atoms with van der Waals surface area (Å²) in [6.07, 6.45) is 6.96. The average molecular weight is 445 g/mol. The van der Waals surface area contributed by atoms with Gasteiger partial charge in [0, 0.05) is 17.6 Å². The highest BCUT2D eigenvalue weighted by molar-refractivity contribution is 7.85. The van der Waals surface area contributed by atoms with Crippen molar-refractivity contribution in [2.75, 3.05) is 28.8 Å². The fourth-order valence-corrected chi connectivity index (χ4v) is 7.30. The van der Waals surface area contributed by atoms with Crippen LogP contribution in [0.2, 0.25) is 5.02 Å². The van der Waals surface area contributed by atoms with Crippen LogP contribution in [0.4, 0.5) is 11.8 Å². The molecular weight excluding hydrogens is 420 g/mol. The Morgan fingerprint density at radius 2 is 2.03 bits per heavy atom. The quantitative estimate of drug-likeness (QED) is 0.780. The molecule has 6 rings (SSSR count). The van der Waals surface area contributed by atoms with E-state index >= 15 is 0 Å². The maximum absolute atomic E-state index is 12.6. The maximum Gasteiger partial charge on any atom is 0.227 e. The Hall–Kier alpha value is -1.70. The van der Waals surface area contributed by atoms with Crippen molar-refractivity contribution in [1.29, 1.82) is 0 Å². The average Bonchev–Trinajstić information content (AvgIpc) is 3.42. The second kappa shape index (κ2) is 6.90. The number of aromatic nitrogens is 2. The molecule has 1 aromatic heterocycles. The van der Waals surface area contributed by atoms with E-state index in [9.17, 15) is 9.32 Å². The molecule has 4 atom stereocenters. The van der Waals surface area contributed by atoms with Gasteiger partial charge in [-0.2, -0.15) is 4.98 Å². The Kier molecular flexibility index (Phi) is 4.38. The summed E-state index contributed by atoms with van der Waals surface area (Å²) in [7, 11) is -1.13. The molecule has 1 saturated heterocycles. The van der Waals surface area contributed by atoms with Crippen LogP contribution in [0.1, 0.15) is 43.6 Å². The molecule has 2 bridgehead atoms. The van der Waals surface area contributed by atoms with Gasteiger partial charge in [-0.15, -0.1) is 0 Å². The van der Waals surface area contributed by atoms with Crippen LogP contribution in [0.5, 0.6) is 0 Å². The molecule has 4 aliphatic rings. The van der Waals surface area contributed by atoms with Crippen molar-refractivity contribution < 1.29 is 9.32 Å². The molecular formula is C22H25ClN4O2S. The molecule has 1 aromatic carbocycles. The molecule has 3 heterocycles. The molecule has 0 spiro atoms. The van der Waals surface area contributed by atoms with Crippen molar-refractivity contribution in [2.24, 2.45) is 5.92 Å². The predicted molar refractivity (Wildman–Crippen MR) is 118 cm³/mol. The van der Waals surface area contributed by atoms with Crippen LogP contribution < -0.4 is 9.80 Å². The number of fused-ring (bicyclic) bond motifs is 3. The lowest BCUT2D eigenvalue weighted by molar-refractivity contribution is 0.119. The van der Waals surface area contributed by atoms with E-state index in [1.807, 2.05) is 12.1 Å². The van der Waals surface area contributed by atoms with Crippen LogP contribution in [-0.4, -0.2) is 49.9 Å². The fourth-order valence-electron chi connectivity index (χ4n) is 5.87. The molecule has 4 unspecified atom stereocenters. The number of hydrogen-bond acceptors (Lipinski definition) is 6. The van der Waals surface area contributed by atoms with Gasteiger partial charge >= 0.3 is 0 Å². The van der Waals surface area contributed by atoms with Gasteiger partial charge in [-0.05, 0) is 61.6 Å². The summed E-state index contributed by atoms with van der Waals surface area (Å²) in [5.74, 6) is 3.08. The summed E-state index contributed by atoms with van der Waals surface area (Å²) < 4.78 is 12.6. The number of anilines is 2. The summed E-state index contributed by atoms with van der Waals surface area (Å²) in [6.45, 7) is 1.03. The van der Waals surface area contributed by atoms with E-state index in [4.69, 9.17) is 16.6 Å². The second-order valence-electron chi connectivity index (χ2n) is 9.19. The Morgan fingerprint density at radius 3 is 2.67 bits per heavy atom. The van der Waals surface area contributed by atoms with Crippen LogP contribution in [0.25, 0.3) is 0 Å². The van der Waals surface area contributed by atoms with E-state index in [0.717, 1.165) is 55.4 Å². The van der Waals surface area contributed by atoms with Gasteiger partial charge in [-0.25, -0.2) is 4.98 Å². The number of aliphatic hydroxyl groups is 1. The molecule has 2 aromatic rings. The number of nitrogens with zero attached hydrogens (tertiary/aromatic N) is 4. The predicted octanol–water partition coefficient (Wildman–Crippen LogP) is 3.31. The monoisotopic (exact) mass is 444 g/mol. The SMILES string of the molecule is O=S1CN(C2(CO)CCC2)c2nc(N3CC4CC3CC4c3ccc(Cl)cc3)ncc21. The first-order valence-corrected chi connectivity index (χ1v) is 12.4. The first kappa shape index (κ1) is 19.0. The van der Waals surface area contributed by atoms with Crippen molar-refractivity contribution >= 4 is 34.2 Å². The molecule has 1 N–H and O–H groups in total. The van der Waals surface area contributed by atoms with Gasteiger partial charge in [0.15, 0.2) is 5.82 Å². The largest absolute Gasteiger partial charge is 0.394 e. The third-order valence-corrected chi connectivity index (χ3v) is 9.24. The van der Waals surface area contributed by atoms with Crippen molar-refractivity contribution in [3.8, 4) is 0 Å². The molecule has 0 radical (unpaired) electrons. The van der Waals surface area contributed by atoms with Gasteiger partial charge in [0.05, 0.1) is 29.1 Å². The van der Waals surface area contributed by atoms with E-state index in [0.29, 0.717) is 28.6 Å². The number of piperidine rings is 1. The third-order valence-electron chi connectivity index (χ3n) is 7.72. The van der Waals surface area contributed by atoms with E-state index in [-0.39, 0.29) is 12.1 Å². The smallest absolute Gasteiger partial charge is 0.227 e. The lowest BCUT2D eigenvalue weighted by Gasteiger charge is -2.47. The Balaban J connectivity index is 1.26. The molecule has 8 heteroatoms. The van der Waals surface area contributed by atoms with Crippen LogP contribution in [0, 0.1) is 5.92 Å². The number of halogens is 1. The number of aliphatic hydroxyl groups excluding tert-OH is 1. The standard InChI is InChI=1S/C22H25ClN4O2S/c23-16-4-2-14(3-5-16)18-9-17-8-15(18)11-26(17)21-24-10-19-20(25-21)27(13-30(19)29)22(12-28)6-1-7-22/h2-5,10,15,17-18,28H,1,6-9,11-13H2. The van der Waals surface area contributed by atoms with Gasteiger partial charge < -0.3 is 14.9 Å². The Labute approximate surface area is 183 Å². The van der Waals surface area contributed by atoms with Crippen molar-refractivity contribution in [3.63, 3.8) is 0 Å². The highest BCUT2D eigenvalue weighted by Crippen LogP contribution is 2.49. The van der Waals surface area contributed by atoms with Crippen LogP contribution >= 0.6 is 11.6 Å². The van der Waals surface area contributed by atoms with Gasteiger partial charge in [0.2, 0.25) is 5.95 Å². The number of benzene rings is 1. The topological polar surface area (TPSA) is 69.6 Å². The van der Waals surface area contributed by atoms with E-state index in [1.54, 1.807) is 6.20 Å². The molecule has 30 heavy (non-hydrogen) atoms. The van der Waals surface area contributed by atoms with E-state index in [1.165, 1.54) is 5.56 Å². The van der Waals surface area contributed by atoms with Crippen LogP contribution in [0.3, 0.4) is 0 Å². The van der Waals surface area contributed by atoms with Crippen LogP contribution in [0.15, 0.2) is 35.4 Å². The summed E-state index contributed by atoms with van der Waals surface area (Å²) in [6, 6.07) is 8.71. The van der Waals surface area contributed by atoms with Crippen molar-refractivity contribution in [2.45, 2.75) is 54.5 Å². The van der Waals surface area contributed by atoms with Crippen molar-refractivity contribution in [3.05, 3.63) is 41.0 Å². The molecule has 3 fully saturated rings. The minimum absolute atomic E-state index is 0.0835. The number of rotatable bonds is 4. The van der Waals surface area contributed by atoms with Gasteiger partial charge in [0.1, 0.15) is 10.8 Å². The van der Waals surface area contributed by atoms with Crippen LogP contribution in [-0.2, 0) is 10.8 Å². The summed E-state index contributed by atoms with van der Waals surface area (Å²) in [5, 5.41) is 10.8. The summed E-state index contributed by atoms with van der Waals surface area (Å²) in [4.78, 5) is 14.7. The maximum atomic E-state index is 12.6. The van der Waals surface area contributed by atoms with Gasteiger partial charge in [-0.1, -0.05) is 23.7 Å². The molecule has 6 nitrogen and oxygen atoms in total. The number of hydrogen-bond donors (Lipinski definition) is 1. The molecule has 158 valence electrons. The first-order chi connectivity index (χ1) is 14.6. The zero-order valence-corrected chi connectivity index (χ0v) is 18.3. The highest BCUT2D eigenvalue weighted by atomic mass is 35.5. The third kappa shape index (κ3) is 2.75. The minimum atomic E-state index is -1.13. The van der Waals surface area contributed by atoms with E-state index in [2.05, 4.69) is 26.9 Å². The summed E-state index contributed by atoms with van der Waals surface area (Å²) >= 11 is 6.06. The van der Waals surface area contributed by atoms with E-state index < -0.39 is 10.8 Å². The first-order valence-electron chi connectivity index (χ1n) is 10.7. The highest BCUT2D eigenvalue weighted by Gasteiger charge is 2.49. The molecule has 2 aliphatic heterocycles. The fraction of sp³-hybridized carbons (Fsp3) is 0.545. The minimum Gasteiger partial charge on any atom is -0.394 e.